The molecule has 0 radical (unpaired) electrons. The number of nitrogens with zero attached hydrogens (tertiary/aromatic N) is 6. The molecule has 0 saturated carbocycles. The average molecular weight is 729 g/mol. The van der Waals surface area contributed by atoms with E-state index in [1.807, 2.05) is 0 Å². The third-order valence-corrected chi connectivity index (χ3v) is 9.77. The van der Waals surface area contributed by atoms with Gasteiger partial charge in [-0.05, 0) is 12.3 Å². The fraction of sp³-hybridized carbons (Fsp3) is 0.600. The molecule has 22 nitrogen and oxygen atoms in total. The number of hydrogen-bond donors (Lipinski definition) is 8. The fourth-order valence-corrected chi connectivity index (χ4v) is 7.38. The van der Waals surface area contributed by atoms with E-state index in [1.165, 1.54) is 21.8 Å². The van der Waals surface area contributed by atoms with Crippen LogP contribution in [0, 0.1) is 5.92 Å². The van der Waals surface area contributed by atoms with Gasteiger partial charge in [0, 0.05) is 6.54 Å². The Morgan fingerprint density at radius 2 is 1.41 bits per heavy atom. The molecule has 0 aromatic carbocycles. The number of aliphatic hydroxyl groups excluding tert-OH is 2. The number of nitrogen functional groups attached to an aromatic ring is 1. The number of anilines is 2. The Morgan fingerprint density at radius 3 is 1.94 bits per heavy atom. The Balaban J connectivity index is 1.09. The van der Waals surface area contributed by atoms with Crippen molar-refractivity contribution in [2.75, 3.05) is 30.8 Å². The summed E-state index contributed by atoms with van der Waals surface area (Å²) < 4.78 is 37.2. The lowest BCUT2D eigenvalue weighted by molar-refractivity contribution is -0.0587. The van der Waals surface area contributed by atoms with Crippen LogP contribution in [-0.2, 0) is 27.6 Å². The van der Waals surface area contributed by atoms with Crippen molar-refractivity contribution >= 4 is 51.4 Å². The summed E-state index contributed by atoms with van der Waals surface area (Å²) in [5, 5.41) is 25.7. The highest BCUT2D eigenvalue weighted by molar-refractivity contribution is 7.40. The second-order valence-corrected chi connectivity index (χ2v) is 13.8. The maximum absolute atomic E-state index is 12.7. The minimum atomic E-state index is -2.69. The second kappa shape index (κ2) is 13.8. The molecule has 24 heteroatoms. The third-order valence-electron chi connectivity index (χ3n) is 8.19. The number of rotatable bonds is 6. The predicted octanol–water partition coefficient (Wildman–Crippen LogP) is -0.935. The number of H-pyrrole nitrogens is 2. The predicted molar refractivity (Wildman–Crippen MR) is 168 cm³/mol. The van der Waals surface area contributed by atoms with Crippen LogP contribution in [0.2, 0.25) is 0 Å². The first kappa shape index (κ1) is 34.2. The van der Waals surface area contributed by atoms with Crippen molar-refractivity contribution in [3.8, 4) is 0 Å². The van der Waals surface area contributed by atoms with Crippen molar-refractivity contribution < 1.29 is 47.6 Å². The molecule has 9 N–H and O–H groups in total. The summed E-state index contributed by atoms with van der Waals surface area (Å²) in [5.41, 5.74) is 4.69. The van der Waals surface area contributed by atoms with E-state index in [-0.39, 0.29) is 34.2 Å². The standard InChI is InChI=1S/C25H34N10O12P2/c1-9(2)3-4-27-25-31-19-13(21(39)33-25)29-8-35(19)23-15(37)17-11(45-23)6-43-48(40)46-16-10(5-42-49(41)47-17)44-22(14(16)36)34-7-28-12-18(34)30-24(26)32-20(12)38/h7-11,14-17,22-23,36-37,40-41H,3-6H2,1-2H3,(H3,26,30,32,38)(H2,27,31,33,39)/t10-,11+,14-,15+,16-,17+,22-,23+,48?,49?/m0/s1. The van der Waals surface area contributed by atoms with Gasteiger partial charge < -0.3 is 58.6 Å². The van der Waals surface area contributed by atoms with E-state index in [2.05, 4.69) is 49.1 Å². The van der Waals surface area contributed by atoms with E-state index in [9.17, 15) is 29.6 Å². The lowest BCUT2D eigenvalue weighted by Gasteiger charge is -2.27. The number of imidazole rings is 2. The Morgan fingerprint density at radius 1 is 0.898 bits per heavy atom. The molecule has 7 rings (SSSR count). The van der Waals surface area contributed by atoms with E-state index < -0.39 is 90.6 Å². The number of nitrogens with one attached hydrogen (secondary N) is 3. The number of fused-ring (bicyclic) bond motifs is 4. The smallest absolute Gasteiger partial charge is 0.330 e. The Bertz CT molecular complexity index is 1920. The highest BCUT2D eigenvalue weighted by Gasteiger charge is 2.51. The van der Waals surface area contributed by atoms with E-state index in [1.54, 1.807) is 0 Å². The molecule has 2 unspecified atom stereocenters. The van der Waals surface area contributed by atoms with Gasteiger partial charge in [0.2, 0.25) is 11.9 Å². The van der Waals surface area contributed by atoms with Gasteiger partial charge in [0.05, 0.1) is 25.9 Å². The molecular weight excluding hydrogens is 694 g/mol. The number of aromatic amines is 2. The number of aromatic nitrogens is 8. The summed E-state index contributed by atoms with van der Waals surface area (Å²) in [7, 11) is -5.38. The summed E-state index contributed by atoms with van der Waals surface area (Å²) in [4.78, 5) is 68.2. The van der Waals surface area contributed by atoms with E-state index in [0.29, 0.717) is 12.5 Å². The van der Waals surface area contributed by atoms with Crippen molar-refractivity contribution in [2.24, 2.45) is 5.92 Å². The SMILES string of the molecule is CC(C)CCNc1nc2c(ncn2[C@@H]2O[C@@H]3COP(O)O[C@@H]4[C@H](O)[C@@H](n5cnc6c(=O)[nH]c(N)nc65)O[C@H]4COP(O)O[C@H]3[C@H]2O)c(=O)[nH]1. The van der Waals surface area contributed by atoms with Crippen LogP contribution in [0.4, 0.5) is 11.9 Å². The maximum atomic E-state index is 12.7. The zero-order valence-electron chi connectivity index (χ0n) is 25.9. The highest BCUT2D eigenvalue weighted by atomic mass is 31.2. The summed E-state index contributed by atoms with van der Waals surface area (Å²) in [6.07, 6.45) is -6.72. The number of aliphatic hydroxyl groups is 2. The number of nitrogens with two attached hydrogens (primary N) is 1. The molecule has 7 heterocycles. The molecule has 3 aliphatic rings. The van der Waals surface area contributed by atoms with Crippen LogP contribution in [-0.4, -0.2) is 115 Å². The largest absolute Gasteiger partial charge is 0.386 e. The number of hydrogen-bond acceptors (Lipinski definition) is 18. The van der Waals surface area contributed by atoms with Crippen LogP contribution in [0.25, 0.3) is 22.3 Å². The fourth-order valence-electron chi connectivity index (χ4n) is 5.78. The average Bonchev–Trinajstić information content (AvgIpc) is 3.80. The van der Waals surface area contributed by atoms with Gasteiger partial charge in [-0.3, -0.25) is 28.7 Å². The second-order valence-electron chi connectivity index (χ2n) is 11.9. The molecule has 0 spiro atoms. The first-order valence-electron chi connectivity index (χ1n) is 15.2. The van der Waals surface area contributed by atoms with Gasteiger partial charge in [-0.15, -0.1) is 0 Å². The van der Waals surface area contributed by atoms with E-state index >= 15 is 0 Å². The summed E-state index contributed by atoms with van der Waals surface area (Å²) in [6, 6.07) is 0. The van der Waals surface area contributed by atoms with Crippen LogP contribution in [0.1, 0.15) is 32.7 Å². The van der Waals surface area contributed by atoms with Gasteiger partial charge in [0.1, 0.15) is 36.6 Å². The van der Waals surface area contributed by atoms with E-state index in [4.69, 9.17) is 33.3 Å². The topological polar surface area (TPSA) is 301 Å². The minimum Gasteiger partial charge on any atom is -0.386 e. The van der Waals surface area contributed by atoms with Gasteiger partial charge in [-0.25, -0.2) is 9.97 Å². The van der Waals surface area contributed by atoms with Gasteiger partial charge in [0.15, 0.2) is 34.8 Å². The van der Waals surface area contributed by atoms with Crippen LogP contribution < -0.4 is 22.2 Å². The molecule has 0 amide bonds. The van der Waals surface area contributed by atoms with Crippen LogP contribution in [0.15, 0.2) is 22.2 Å². The van der Waals surface area contributed by atoms with Crippen molar-refractivity contribution in [1.29, 1.82) is 0 Å². The molecule has 3 fully saturated rings. The van der Waals surface area contributed by atoms with Crippen molar-refractivity contribution in [3.05, 3.63) is 33.4 Å². The van der Waals surface area contributed by atoms with E-state index in [0.717, 1.165) is 6.42 Å². The first-order chi connectivity index (χ1) is 23.5. The van der Waals surface area contributed by atoms with Gasteiger partial charge in [-0.1, -0.05) is 13.8 Å². The summed E-state index contributed by atoms with van der Waals surface area (Å²) >= 11 is 0. The molecular formula is C25H34N10O12P2. The van der Waals surface area contributed by atoms with Crippen LogP contribution >= 0.6 is 17.2 Å². The van der Waals surface area contributed by atoms with Gasteiger partial charge >= 0.3 is 17.2 Å². The summed E-state index contributed by atoms with van der Waals surface area (Å²) in [5.74, 6) is 0.447. The monoisotopic (exact) mass is 728 g/mol. The van der Waals surface area contributed by atoms with Crippen molar-refractivity contribution in [3.63, 3.8) is 0 Å². The summed E-state index contributed by atoms with van der Waals surface area (Å²) in [6.45, 7) is 3.88. The number of ether oxygens (including phenoxy) is 2. The zero-order chi connectivity index (χ0) is 34.6. The van der Waals surface area contributed by atoms with Gasteiger partial charge in [-0.2, -0.15) is 9.97 Å². The molecule has 0 aliphatic carbocycles. The highest BCUT2D eigenvalue weighted by Crippen LogP contribution is 2.47. The molecule has 4 aromatic rings. The van der Waals surface area contributed by atoms with Crippen LogP contribution in [0.3, 0.4) is 0 Å². The van der Waals surface area contributed by atoms with Crippen molar-refractivity contribution in [2.45, 2.75) is 69.3 Å². The molecule has 4 aromatic heterocycles. The van der Waals surface area contributed by atoms with Gasteiger partial charge in [0.25, 0.3) is 11.1 Å². The Labute approximate surface area is 277 Å². The lowest BCUT2D eigenvalue weighted by atomic mass is 10.1. The molecule has 49 heavy (non-hydrogen) atoms. The Kier molecular flexibility index (Phi) is 9.65. The molecule has 0 bridgehead atoms. The first-order valence-corrected chi connectivity index (χ1v) is 17.4. The maximum Gasteiger partial charge on any atom is 0.330 e. The molecule has 3 aliphatic heterocycles. The third kappa shape index (κ3) is 6.67. The zero-order valence-corrected chi connectivity index (χ0v) is 27.7. The molecule has 3 saturated heterocycles. The normalized spacial score (nSPS) is 32.6. The minimum absolute atomic E-state index is 0.00596. The lowest BCUT2D eigenvalue weighted by Crippen LogP contribution is -2.38. The van der Waals surface area contributed by atoms with Crippen LogP contribution in [0.5, 0.6) is 0 Å². The molecule has 10 atom stereocenters. The Hall–Kier alpha value is -3.24. The quantitative estimate of drug-likeness (QED) is 0.111. The molecule has 266 valence electrons. The van der Waals surface area contributed by atoms with Crippen molar-refractivity contribution in [1.82, 2.24) is 39.0 Å².